The molecule has 0 unspecified atom stereocenters. The van der Waals surface area contributed by atoms with E-state index in [1.54, 1.807) is 0 Å². The van der Waals surface area contributed by atoms with Gasteiger partial charge < -0.3 is 9.09 Å². The van der Waals surface area contributed by atoms with Crippen LogP contribution in [0.5, 0.6) is 0 Å². The van der Waals surface area contributed by atoms with E-state index in [2.05, 4.69) is 40.2 Å². The largest absolute Gasteiger partial charge is 0.361 e. The molecule has 0 saturated heterocycles. The first-order valence-corrected chi connectivity index (χ1v) is 10.8. The summed E-state index contributed by atoms with van der Waals surface area (Å²) in [5.41, 5.74) is 7.77. The summed E-state index contributed by atoms with van der Waals surface area (Å²) < 4.78 is 9.67. The van der Waals surface area contributed by atoms with Crippen molar-refractivity contribution in [2.75, 3.05) is 0 Å². The van der Waals surface area contributed by atoms with E-state index >= 15 is 0 Å². The zero-order valence-corrected chi connectivity index (χ0v) is 18.3. The highest BCUT2D eigenvalue weighted by Gasteiger charge is 2.28. The maximum atomic E-state index is 5.41. The quantitative estimate of drug-likeness (QED) is 0.440. The lowest BCUT2D eigenvalue weighted by molar-refractivity contribution is 0.185. The molecule has 0 N–H and O–H groups in total. The average molecular weight is 404 g/mol. The van der Waals surface area contributed by atoms with Crippen LogP contribution in [0.2, 0.25) is 0 Å². The molecule has 6 heteroatoms. The van der Waals surface area contributed by atoms with Gasteiger partial charge in [0.05, 0.1) is 22.9 Å². The van der Waals surface area contributed by atoms with Crippen molar-refractivity contribution in [3.8, 4) is 22.3 Å². The summed E-state index contributed by atoms with van der Waals surface area (Å²) in [6.07, 6.45) is 14.8. The van der Waals surface area contributed by atoms with Crippen LogP contribution in [0.3, 0.4) is 0 Å². The summed E-state index contributed by atoms with van der Waals surface area (Å²) in [7, 11) is 1.95. The monoisotopic (exact) mass is 403 g/mol. The lowest BCUT2D eigenvalue weighted by Gasteiger charge is -2.34. The van der Waals surface area contributed by atoms with E-state index in [4.69, 9.17) is 9.51 Å². The summed E-state index contributed by atoms with van der Waals surface area (Å²) in [6.45, 7) is 7.39. The zero-order valence-electron chi connectivity index (χ0n) is 18.3. The molecule has 6 nitrogen and oxygen atoms in total. The molecule has 0 aromatic carbocycles. The Bertz CT molecular complexity index is 1190. The van der Waals surface area contributed by atoms with Crippen LogP contribution in [0.1, 0.15) is 50.5 Å². The van der Waals surface area contributed by atoms with Crippen LogP contribution in [-0.4, -0.2) is 24.5 Å². The zero-order chi connectivity index (χ0) is 20.9. The van der Waals surface area contributed by atoms with Gasteiger partial charge >= 0.3 is 0 Å². The second-order valence-corrected chi connectivity index (χ2v) is 9.24. The summed E-state index contributed by atoms with van der Waals surface area (Å²) in [6, 6.07) is 2.25. The van der Waals surface area contributed by atoms with Gasteiger partial charge in [0, 0.05) is 54.4 Å². The fourth-order valence-corrected chi connectivity index (χ4v) is 5.08. The molecular weight excluding hydrogens is 374 g/mol. The maximum Gasteiger partial charge on any atom is 0.141 e. The molecule has 1 saturated carbocycles. The lowest BCUT2D eigenvalue weighted by atomic mass is 9.75. The number of fused-ring (bicyclic) bond motifs is 1. The first kappa shape index (κ1) is 19.1. The number of aryl methyl sites for hydroxylation is 3. The number of rotatable bonds is 4. The number of hydrogen-bond acceptors (Lipinski definition) is 4. The van der Waals surface area contributed by atoms with Gasteiger partial charge in [-0.2, -0.15) is 5.10 Å². The van der Waals surface area contributed by atoms with Crippen molar-refractivity contribution in [3.63, 3.8) is 0 Å². The minimum absolute atomic E-state index is 0.329. The third-order valence-corrected chi connectivity index (χ3v) is 6.67. The van der Waals surface area contributed by atoms with Crippen LogP contribution < -0.4 is 0 Å². The van der Waals surface area contributed by atoms with Crippen molar-refractivity contribution in [1.29, 1.82) is 0 Å². The Labute approximate surface area is 176 Å². The number of nitrogens with zero attached hydrogens (tertiary/aromatic N) is 5. The molecule has 1 fully saturated rings. The average Bonchev–Trinajstić information content (AvgIpc) is 3.40. The molecule has 4 aromatic rings. The highest BCUT2D eigenvalue weighted by molar-refractivity contribution is 5.94. The van der Waals surface area contributed by atoms with Gasteiger partial charge in [-0.3, -0.25) is 9.67 Å². The highest BCUT2D eigenvalue weighted by Crippen LogP contribution is 2.40. The van der Waals surface area contributed by atoms with Crippen LogP contribution in [0.15, 0.2) is 35.4 Å². The third-order valence-electron chi connectivity index (χ3n) is 6.67. The second-order valence-electron chi connectivity index (χ2n) is 9.24. The SMILES string of the molecule is Cc1noc(C)c1-c1cnc2c(-c3cnn(C)c3)cn(CC3(C)CCCCC3)c2c1. The number of pyridine rings is 1. The molecule has 1 aliphatic rings. The summed E-state index contributed by atoms with van der Waals surface area (Å²) in [5, 5.41) is 8.51. The van der Waals surface area contributed by atoms with Gasteiger partial charge in [-0.25, -0.2) is 0 Å². The van der Waals surface area contributed by atoms with Crippen LogP contribution in [-0.2, 0) is 13.6 Å². The van der Waals surface area contributed by atoms with Crippen molar-refractivity contribution in [2.45, 2.75) is 59.4 Å². The summed E-state index contributed by atoms with van der Waals surface area (Å²) in [4.78, 5) is 4.91. The van der Waals surface area contributed by atoms with Crippen molar-refractivity contribution >= 4 is 11.0 Å². The Balaban J connectivity index is 1.67. The van der Waals surface area contributed by atoms with E-state index in [1.807, 2.05) is 38.0 Å². The smallest absolute Gasteiger partial charge is 0.141 e. The summed E-state index contributed by atoms with van der Waals surface area (Å²) >= 11 is 0. The number of aromatic nitrogens is 5. The Hall–Kier alpha value is -2.89. The molecule has 1 aliphatic carbocycles. The summed E-state index contributed by atoms with van der Waals surface area (Å²) in [5.74, 6) is 0.832. The predicted molar refractivity (Wildman–Crippen MR) is 118 cm³/mol. The van der Waals surface area contributed by atoms with E-state index in [0.717, 1.165) is 51.3 Å². The highest BCUT2D eigenvalue weighted by atomic mass is 16.5. The minimum Gasteiger partial charge on any atom is -0.361 e. The molecule has 0 aliphatic heterocycles. The Kier molecular flexibility index (Phi) is 4.53. The minimum atomic E-state index is 0.329. The molecule has 0 radical (unpaired) electrons. The first-order chi connectivity index (χ1) is 14.4. The van der Waals surface area contributed by atoms with Gasteiger partial charge in [0.25, 0.3) is 0 Å². The second kappa shape index (κ2) is 7.11. The van der Waals surface area contributed by atoms with Gasteiger partial charge in [-0.15, -0.1) is 0 Å². The van der Waals surface area contributed by atoms with E-state index in [9.17, 15) is 0 Å². The van der Waals surface area contributed by atoms with Crippen LogP contribution in [0.25, 0.3) is 33.3 Å². The van der Waals surface area contributed by atoms with Gasteiger partial charge in [0.2, 0.25) is 0 Å². The number of hydrogen-bond donors (Lipinski definition) is 0. The predicted octanol–water partition coefficient (Wildman–Crippen LogP) is 5.68. The molecule has 30 heavy (non-hydrogen) atoms. The van der Waals surface area contributed by atoms with E-state index < -0.39 is 0 Å². The standard InChI is InChI=1S/C24H29N5O/c1-16-22(17(2)30-27-16)18-10-21-23(25-11-18)20(19-12-26-28(4)13-19)14-29(21)15-24(3)8-6-5-7-9-24/h10-14H,5-9,15H2,1-4H3. The van der Waals surface area contributed by atoms with Crippen LogP contribution in [0.4, 0.5) is 0 Å². The first-order valence-electron chi connectivity index (χ1n) is 10.8. The van der Waals surface area contributed by atoms with Crippen molar-refractivity contribution < 1.29 is 4.52 Å². The Morgan fingerprint density at radius 1 is 1.07 bits per heavy atom. The van der Waals surface area contributed by atoms with Gasteiger partial charge in [0.1, 0.15) is 5.76 Å². The van der Waals surface area contributed by atoms with Crippen LogP contribution >= 0.6 is 0 Å². The van der Waals surface area contributed by atoms with Crippen LogP contribution in [0, 0.1) is 19.3 Å². The van der Waals surface area contributed by atoms with Gasteiger partial charge in [0.15, 0.2) is 0 Å². The van der Waals surface area contributed by atoms with Crippen molar-refractivity contribution in [3.05, 3.63) is 42.3 Å². The molecule has 0 amide bonds. The fraction of sp³-hybridized carbons (Fsp3) is 0.458. The lowest BCUT2D eigenvalue weighted by Crippen LogP contribution is -2.25. The van der Waals surface area contributed by atoms with E-state index in [0.29, 0.717) is 5.41 Å². The molecule has 4 aromatic heterocycles. The maximum absolute atomic E-state index is 5.41. The normalized spacial score (nSPS) is 16.4. The van der Waals surface area contributed by atoms with Crippen molar-refractivity contribution in [2.24, 2.45) is 12.5 Å². The molecule has 4 heterocycles. The van der Waals surface area contributed by atoms with Gasteiger partial charge in [-0.1, -0.05) is 31.3 Å². The van der Waals surface area contributed by atoms with E-state index in [1.165, 1.54) is 32.1 Å². The van der Waals surface area contributed by atoms with Gasteiger partial charge in [-0.05, 0) is 38.2 Å². The van der Waals surface area contributed by atoms with E-state index in [-0.39, 0.29) is 0 Å². The van der Waals surface area contributed by atoms with Crippen molar-refractivity contribution in [1.82, 2.24) is 24.5 Å². The Morgan fingerprint density at radius 3 is 2.53 bits per heavy atom. The molecule has 0 spiro atoms. The topological polar surface area (TPSA) is 61.7 Å². The Morgan fingerprint density at radius 2 is 1.87 bits per heavy atom. The fourth-order valence-electron chi connectivity index (χ4n) is 5.08. The molecule has 156 valence electrons. The molecular formula is C24H29N5O. The molecule has 5 rings (SSSR count). The molecule has 0 atom stereocenters. The third kappa shape index (κ3) is 3.24. The molecule has 0 bridgehead atoms.